The molecule has 0 radical (unpaired) electrons. The van der Waals surface area contributed by atoms with Crippen LogP contribution in [0.5, 0.6) is 0 Å². The summed E-state index contributed by atoms with van der Waals surface area (Å²) in [5.41, 5.74) is 5.91. The van der Waals surface area contributed by atoms with Crippen LogP contribution in [0.1, 0.15) is 20.3 Å². The second-order valence-electron chi connectivity index (χ2n) is 4.16. The van der Waals surface area contributed by atoms with Crippen LogP contribution in [0.4, 0.5) is 0 Å². The van der Waals surface area contributed by atoms with Gasteiger partial charge in [-0.1, -0.05) is 13.8 Å². The number of nitrogens with zero attached hydrogens (tertiary/aromatic N) is 1. The normalized spacial score (nSPS) is 21.9. The molecule has 0 spiro atoms. The largest absolute Gasteiger partial charge is 0.323 e. The lowest BCUT2D eigenvalue weighted by atomic mass is 9.88. The SMILES string of the molecule is CCC1(N)CN(CCS(=O)(=O)CC)C1. The van der Waals surface area contributed by atoms with E-state index in [2.05, 4.69) is 11.8 Å². The first-order valence-corrected chi connectivity index (χ1v) is 6.94. The highest BCUT2D eigenvalue weighted by Gasteiger charge is 2.37. The lowest BCUT2D eigenvalue weighted by molar-refractivity contribution is 0.0746. The van der Waals surface area contributed by atoms with Gasteiger partial charge in [0.2, 0.25) is 0 Å². The van der Waals surface area contributed by atoms with E-state index in [1.807, 2.05) is 0 Å². The van der Waals surface area contributed by atoms with Gasteiger partial charge in [-0.15, -0.1) is 0 Å². The number of hydrogen-bond donors (Lipinski definition) is 1. The predicted octanol–water partition coefficient (Wildman–Crippen LogP) is -0.156. The van der Waals surface area contributed by atoms with Crippen LogP contribution < -0.4 is 5.73 Å². The predicted molar refractivity (Wildman–Crippen MR) is 58.0 cm³/mol. The quantitative estimate of drug-likeness (QED) is 0.699. The van der Waals surface area contributed by atoms with Gasteiger partial charge in [-0.3, -0.25) is 4.90 Å². The molecule has 0 saturated carbocycles. The Balaban J connectivity index is 2.25. The van der Waals surface area contributed by atoms with Crippen molar-refractivity contribution in [3.05, 3.63) is 0 Å². The van der Waals surface area contributed by atoms with E-state index in [9.17, 15) is 8.42 Å². The van der Waals surface area contributed by atoms with E-state index in [1.165, 1.54) is 0 Å². The fourth-order valence-corrected chi connectivity index (χ4v) is 2.46. The van der Waals surface area contributed by atoms with Crippen molar-refractivity contribution in [2.24, 2.45) is 5.73 Å². The van der Waals surface area contributed by atoms with Crippen LogP contribution >= 0.6 is 0 Å². The van der Waals surface area contributed by atoms with Gasteiger partial charge in [-0.2, -0.15) is 0 Å². The average Bonchev–Trinajstić information content (AvgIpc) is 2.10. The van der Waals surface area contributed by atoms with Crippen molar-refractivity contribution in [2.45, 2.75) is 25.8 Å². The Morgan fingerprint density at radius 1 is 1.36 bits per heavy atom. The standard InChI is InChI=1S/C9H20N2O2S/c1-3-9(10)7-11(8-9)5-6-14(12,13)4-2/h3-8,10H2,1-2H3. The zero-order valence-electron chi connectivity index (χ0n) is 8.99. The van der Waals surface area contributed by atoms with Crippen molar-refractivity contribution in [3.8, 4) is 0 Å². The fraction of sp³-hybridized carbons (Fsp3) is 1.00. The van der Waals surface area contributed by atoms with Gasteiger partial charge < -0.3 is 5.73 Å². The summed E-state index contributed by atoms with van der Waals surface area (Å²) in [6.07, 6.45) is 0.962. The first-order valence-electron chi connectivity index (χ1n) is 5.12. The molecule has 0 aromatic heterocycles. The summed E-state index contributed by atoms with van der Waals surface area (Å²) in [6, 6.07) is 0. The second kappa shape index (κ2) is 4.16. The van der Waals surface area contributed by atoms with Crippen molar-refractivity contribution in [3.63, 3.8) is 0 Å². The van der Waals surface area contributed by atoms with Gasteiger partial charge in [0.25, 0.3) is 0 Å². The van der Waals surface area contributed by atoms with Crippen LogP contribution in [0, 0.1) is 0 Å². The highest BCUT2D eigenvalue weighted by atomic mass is 32.2. The lowest BCUT2D eigenvalue weighted by Crippen LogP contribution is -2.67. The number of sulfone groups is 1. The van der Waals surface area contributed by atoms with Gasteiger partial charge >= 0.3 is 0 Å². The molecule has 0 aliphatic carbocycles. The molecule has 1 fully saturated rings. The Morgan fingerprint density at radius 3 is 2.36 bits per heavy atom. The maximum Gasteiger partial charge on any atom is 0.151 e. The van der Waals surface area contributed by atoms with Crippen LogP contribution in [-0.4, -0.2) is 50.0 Å². The third-order valence-electron chi connectivity index (χ3n) is 2.94. The summed E-state index contributed by atoms with van der Waals surface area (Å²) in [5.74, 6) is 0.506. The number of hydrogen-bond acceptors (Lipinski definition) is 4. The second-order valence-corrected chi connectivity index (χ2v) is 6.64. The van der Waals surface area contributed by atoms with Crippen LogP contribution in [-0.2, 0) is 9.84 Å². The lowest BCUT2D eigenvalue weighted by Gasteiger charge is -2.47. The van der Waals surface area contributed by atoms with Gasteiger partial charge in [0.05, 0.1) is 5.75 Å². The average molecular weight is 220 g/mol. The van der Waals surface area contributed by atoms with E-state index in [-0.39, 0.29) is 17.0 Å². The minimum atomic E-state index is -2.82. The molecule has 1 rings (SSSR count). The first-order chi connectivity index (χ1) is 6.41. The van der Waals surface area contributed by atoms with Gasteiger partial charge in [0.1, 0.15) is 0 Å². The van der Waals surface area contributed by atoms with Crippen LogP contribution in [0.15, 0.2) is 0 Å². The molecule has 0 aromatic rings. The summed E-state index contributed by atoms with van der Waals surface area (Å²) < 4.78 is 22.4. The highest BCUT2D eigenvalue weighted by molar-refractivity contribution is 7.91. The number of rotatable bonds is 5. The third-order valence-corrected chi connectivity index (χ3v) is 4.62. The molecule has 0 aromatic carbocycles. The molecule has 1 aliphatic rings. The summed E-state index contributed by atoms with van der Waals surface area (Å²) in [5, 5.41) is 0. The zero-order valence-corrected chi connectivity index (χ0v) is 9.81. The van der Waals surface area contributed by atoms with E-state index in [1.54, 1.807) is 6.92 Å². The Morgan fingerprint density at radius 2 is 1.93 bits per heavy atom. The van der Waals surface area contributed by atoms with Gasteiger partial charge in [0.15, 0.2) is 9.84 Å². The summed E-state index contributed by atoms with van der Waals surface area (Å²) in [4.78, 5) is 2.11. The summed E-state index contributed by atoms with van der Waals surface area (Å²) in [7, 11) is -2.82. The maximum atomic E-state index is 11.2. The van der Waals surface area contributed by atoms with Crippen molar-refractivity contribution in [1.82, 2.24) is 4.90 Å². The Hall–Kier alpha value is -0.130. The van der Waals surface area contributed by atoms with Gasteiger partial charge in [-0.05, 0) is 6.42 Å². The molecule has 14 heavy (non-hydrogen) atoms. The zero-order chi connectivity index (χ0) is 10.8. The molecular weight excluding hydrogens is 200 g/mol. The Labute approximate surface area is 86.4 Å². The fourth-order valence-electron chi connectivity index (χ4n) is 1.64. The molecule has 84 valence electrons. The molecule has 1 aliphatic heterocycles. The maximum absolute atomic E-state index is 11.2. The smallest absolute Gasteiger partial charge is 0.151 e. The third kappa shape index (κ3) is 2.93. The molecule has 0 bridgehead atoms. The van der Waals surface area contributed by atoms with E-state index in [0.717, 1.165) is 19.5 Å². The molecule has 2 N–H and O–H groups in total. The highest BCUT2D eigenvalue weighted by Crippen LogP contribution is 2.20. The van der Waals surface area contributed by atoms with Crippen LogP contribution in [0.3, 0.4) is 0 Å². The Bertz CT molecular complexity index is 281. The first kappa shape index (κ1) is 11.9. The summed E-state index contributed by atoms with van der Waals surface area (Å²) in [6.45, 7) is 6.06. The minimum absolute atomic E-state index is 0.0595. The number of nitrogens with two attached hydrogens (primary N) is 1. The van der Waals surface area contributed by atoms with Crippen molar-refractivity contribution in [1.29, 1.82) is 0 Å². The topological polar surface area (TPSA) is 63.4 Å². The molecule has 1 heterocycles. The monoisotopic (exact) mass is 220 g/mol. The molecule has 4 nitrogen and oxygen atoms in total. The van der Waals surface area contributed by atoms with E-state index in [0.29, 0.717) is 6.54 Å². The van der Waals surface area contributed by atoms with Crippen LogP contribution in [0.2, 0.25) is 0 Å². The molecule has 1 saturated heterocycles. The van der Waals surface area contributed by atoms with Crippen molar-refractivity contribution in [2.75, 3.05) is 31.1 Å². The molecule has 5 heteroatoms. The summed E-state index contributed by atoms with van der Waals surface area (Å²) >= 11 is 0. The van der Waals surface area contributed by atoms with Gasteiger partial charge in [0, 0.05) is 30.9 Å². The molecule has 0 unspecified atom stereocenters. The van der Waals surface area contributed by atoms with E-state index >= 15 is 0 Å². The molecular formula is C9H20N2O2S. The van der Waals surface area contributed by atoms with E-state index in [4.69, 9.17) is 5.73 Å². The van der Waals surface area contributed by atoms with Crippen molar-refractivity contribution >= 4 is 9.84 Å². The Kier molecular flexibility index (Phi) is 3.55. The van der Waals surface area contributed by atoms with Crippen molar-refractivity contribution < 1.29 is 8.42 Å². The minimum Gasteiger partial charge on any atom is -0.323 e. The molecule has 0 atom stereocenters. The van der Waals surface area contributed by atoms with E-state index < -0.39 is 9.84 Å². The molecule has 0 amide bonds. The van der Waals surface area contributed by atoms with Gasteiger partial charge in [-0.25, -0.2) is 8.42 Å². The van der Waals surface area contributed by atoms with Crippen LogP contribution in [0.25, 0.3) is 0 Å². The number of likely N-dealkylation sites (tertiary alicyclic amines) is 1.